The van der Waals surface area contributed by atoms with E-state index in [1.807, 2.05) is 6.07 Å². The van der Waals surface area contributed by atoms with Gasteiger partial charge in [-0.2, -0.15) is 11.8 Å². The Hall–Kier alpha value is -10.2. The molecule has 2 aromatic heterocycles. The number of H-pyrrole nitrogens is 2. The number of thioether (sulfide) groups is 1. The maximum Gasteiger partial charge on any atom is 0.243 e. The van der Waals surface area contributed by atoms with Crippen molar-refractivity contribution in [2.75, 3.05) is 44.7 Å². The van der Waals surface area contributed by atoms with Crippen LogP contribution in [0.5, 0.6) is 0 Å². The molecule has 35 nitrogen and oxygen atoms in total. The third-order valence-corrected chi connectivity index (χ3v) is 20.1. The average Bonchev–Trinajstić information content (AvgIpc) is 1.66. The third-order valence-electron chi connectivity index (χ3n) is 19.5. The number of guanidine groups is 3. The molecular formula is C78H130N24O11S. The normalized spacial score (nSPS) is 13.5. The van der Waals surface area contributed by atoms with Crippen LogP contribution in [0.4, 0.5) is 0 Å². The number of aromatic amines is 2. The summed E-state index contributed by atoms with van der Waals surface area (Å²) < 4.78 is 0. The number of aliphatic imine (C=N–C) groups is 3. The average molecular weight is 1610 g/mol. The highest BCUT2D eigenvalue weighted by molar-refractivity contribution is 7.98. The standard InChI is InChI=1S/C78H130N24O11S/c1-3-4-5-6-7-8-9-10-11-12-13-14-15-36-66(104)94-57(33-24-42-89-76(83)84)68(106)97-60(35-26-44-91-78(87)88)71(109)101-64(47-51-49-93-55-30-19-17-28-53(51)55)75(113)99-61(37-38-65(81)103)72(110)102-63(46-50-48-92-54-29-18-16-27-52(50)54)74(112)98-59(34-25-43-90-77(85)86)70(108)100-62(39-45-114-2)73(111)96-58(32-21-23-41-80)69(107)95-56(67(82)105)31-20-22-40-79/h16-19,27-30,48-49,56-64,92-93H,3-15,20-26,31-47,79-80H2,1-2H3,(H2,81,103)(H2,82,105)(H,94,104)(H,95,107)(H,96,111)(H,97,106)(H,98,112)(H,99,113)(H,100,108)(H,101,109)(H,102,110)(H4,83,84,89)(H4,85,86,90)(H4,87,88,91)/t56-,57-,58-,59-,60-,61-,62-,63-,64-/m0/s1. The molecule has 0 aliphatic heterocycles. The minimum atomic E-state index is -1.67. The molecule has 0 spiro atoms. The summed E-state index contributed by atoms with van der Waals surface area (Å²) in [5.74, 6) is -9.08. The summed E-state index contributed by atoms with van der Waals surface area (Å²) in [6, 6.07) is 1.92. The number of hydrogen-bond donors (Lipinski definition) is 21. The van der Waals surface area contributed by atoms with Crippen LogP contribution in [0.15, 0.2) is 75.9 Å². The highest BCUT2D eigenvalue weighted by Crippen LogP contribution is 2.23. The predicted octanol–water partition coefficient (Wildman–Crippen LogP) is 1.20. The number of fused-ring (bicyclic) bond motifs is 2. The number of benzene rings is 2. The van der Waals surface area contributed by atoms with Gasteiger partial charge in [0.1, 0.15) is 54.4 Å². The highest BCUT2D eigenvalue weighted by Gasteiger charge is 2.37. The predicted molar refractivity (Wildman–Crippen MR) is 448 cm³/mol. The number of carbonyl (C=O) groups excluding carboxylic acids is 11. The number of nitrogens with zero attached hydrogens (tertiary/aromatic N) is 3. The van der Waals surface area contributed by atoms with E-state index in [9.17, 15) is 33.6 Å². The van der Waals surface area contributed by atoms with Crippen LogP contribution in [0.2, 0.25) is 0 Å². The van der Waals surface area contributed by atoms with E-state index in [0.29, 0.717) is 77.3 Å². The van der Waals surface area contributed by atoms with E-state index in [0.717, 1.165) is 25.7 Å². The number of rotatable bonds is 62. The van der Waals surface area contributed by atoms with Crippen molar-refractivity contribution in [3.8, 4) is 0 Å². The number of nitrogens with one attached hydrogen (secondary N) is 11. The van der Waals surface area contributed by atoms with Crippen LogP contribution in [-0.4, -0.2) is 192 Å². The van der Waals surface area contributed by atoms with Crippen molar-refractivity contribution in [1.29, 1.82) is 0 Å². The molecule has 0 radical (unpaired) electrons. The van der Waals surface area contributed by atoms with Crippen molar-refractivity contribution in [3.63, 3.8) is 0 Å². The largest absolute Gasteiger partial charge is 0.370 e. The second kappa shape index (κ2) is 55.3. The van der Waals surface area contributed by atoms with Crippen LogP contribution >= 0.6 is 11.8 Å². The summed E-state index contributed by atoms with van der Waals surface area (Å²) in [5.41, 5.74) is 59.3. The first kappa shape index (κ1) is 96.1. The van der Waals surface area contributed by atoms with Crippen LogP contribution in [0, 0.1) is 0 Å². The van der Waals surface area contributed by atoms with Crippen molar-refractivity contribution in [2.45, 2.75) is 260 Å². The fourth-order valence-electron chi connectivity index (χ4n) is 13.1. The van der Waals surface area contributed by atoms with Gasteiger partial charge >= 0.3 is 0 Å². The molecule has 2 heterocycles. The molecular weight excluding hydrogens is 1480 g/mol. The molecule has 0 unspecified atom stereocenters. The minimum absolute atomic E-state index is 0.00773. The maximum absolute atomic E-state index is 15.3. The van der Waals surface area contributed by atoms with Crippen molar-refractivity contribution in [1.82, 2.24) is 57.8 Å². The van der Waals surface area contributed by atoms with Gasteiger partial charge in [0.15, 0.2) is 17.9 Å². The van der Waals surface area contributed by atoms with Crippen LogP contribution < -0.4 is 105 Å². The van der Waals surface area contributed by atoms with E-state index in [-0.39, 0.29) is 127 Å². The molecule has 0 fully saturated rings. The van der Waals surface area contributed by atoms with Crippen molar-refractivity contribution in [2.24, 2.45) is 72.3 Å². The molecule has 114 heavy (non-hydrogen) atoms. The zero-order valence-electron chi connectivity index (χ0n) is 66.6. The van der Waals surface area contributed by atoms with E-state index in [4.69, 9.17) is 57.3 Å². The van der Waals surface area contributed by atoms with Gasteiger partial charge in [0, 0.05) is 79.5 Å². The number of para-hydroxylation sites is 2. The Labute approximate surface area is 673 Å². The number of amides is 11. The summed E-state index contributed by atoms with van der Waals surface area (Å²) >= 11 is 1.37. The monoisotopic (exact) mass is 1610 g/mol. The van der Waals surface area contributed by atoms with E-state index in [2.05, 4.69) is 79.7 Å². The van der Waals surface area contributed by atoms with Gasteiger partial charge in [-0.05, 0) is 145 Å². The molecule has 0 bridgehead atoms. The number of nitrogens with two attached hydrogens (primary N) is 10. The van der Waals surface area contributed by atoms with Gasteiger partial charge < -0.3 is 115 Å². The van der Waals surface area contributed by atoms with Gasteiger partial charge in [-0.1, -0.05) is 120 Å². The molecule has 4 rings (SSSR count). The molecule has 0 aliphatic rings. The van der Waals surface area contributed by atoms with Gasteiger partial charge in [0.2, 0.25) is 65.0 Å². The lowest BCUT2D eigenvalue weighted by atomic mass is 10.0. The Morgan fingerprint density at radius 2 is 0.675 bits per heavy atom. The van der Waals surface area contributed by atoms with Crippen LogP contribution in [0.1, 0.15) is 204 Å². The van der Waals surface area contributed by atoms with E-state index < -0.39 is 126 Å². The topological polar surface area (TPSA) is 625 Å². The first-order chi connectivity index (χ1) is 54.8. The lowest BCUT2D eigenvalue weighted by Gasteiger charge is -2.28. The Kier molecular flexibility index (Phi) is 46.6. The summed E-state index contributed by atoms with van der Waals surface area (Å²) in [7, 11) is 0. The van der Waals surface area contributed by atoms with Crippen LogP contribution in [-0.2, 0) is 65.6 Å². The third kappa shape index (κ3) is 38.1. The number of unbranched alkanes of at least 4 members (excludes halogenated alkanes) is 14. The molecule has 0 saturated heterocycles. The van der Waals surface area contributed by atoms with Crippen molar-refractivity contribution < 1.29 is 52.7 Å². The molecule has 634 valence electrons. The van der Waals surface area contributed by atoms with Gasteiger partial charge in [-0.15, -0.1) is 0 Å². The van der Waals surface area contributed by atoms with Gasteiger partial charge in [-0.25, -0.2) is 0 Å². The summed E-state index contributed by atoms with van der Waals surface area (Å²) in [6.45, 7) is 2.99. The van der Waals surface area contributed by atoms with E-state index >= 15 is 19.2 Å². The fraction of sp³-hybridized carbons (Fsp3) is 0.615. The maximum atomic E-state index is 15.3. The lowest BCUT2D eigenvalue weighted by Crippen LogP contribution is -2.61. The zero-order valence-corrected chi connectivity index (χ0v) is 67.5. The van der Waals surface area contributed by atoms with E-state index in [1.54, 1.807) is 61.1 Å². The van der Waals surface area contributed by atoms with Crippen LogP contribution in [0.3, 0.4) is 0 Å². The SMILES string of the molecule is CCCCCCCCCCCCCCCC(=O)N[C@@H](CCCN=C(N)N)C(=O)N[C@@H](CCCN=C(N)N)C(=O)N[C@@H](Cc1c[nH]c2ccccc12)C(=O)N[C@@H](CCC(N)=O)C(=O)N[C@@H](Cc1c[nH]c2ccccc12)C(=O)N[C@@H](CCCN=C(N)N)C(=O)N[C@@H](CCSC)C(=O)N[C@@H](CCCCN)C(=O)N[C@@H](CCCCN)C(N)=O. The Morgan fingerprint density at radius 1 is 0.360 bits per heavy atom. The Bertz CT molecular complexity index is 3730. The molecule has 11 amide bonds. The molecule has 0 saturated carbocycles. The fourth-order valence-corrected chi connectivity index (χ4v) is 13.6. The van der Waals surface area contributed by atoms with Gasteiger partial charge in [0.25, 0.3) is 0 Å². The first-order valence-corrected chi connectivity index (χ1v) is 41.6. The van der Waals surface area contributed by atoms with Crippen LogP contribution in [0.25, 0.3) is 21.8 Å². The Morgan fingerprint density at radius 3 is 1.04 bits per heavy atom. The molecule has 36 heteroatoms. The number of carbonyl (C=O) groups is 11. The van der Waals surface area contributed by atoms with Crippen molar-refractivity contribution in [3.05, 3.63) is 72.1 Å². The number of hydrogen-bond acceptors (Lipinski definition) is 17. The minimum Gasteiger partial charge on any atom is -0.370 e. The van der Waals surface area contributed by atoms with E-state index in [1.165, 1.54) is 63.1 Å². The highest BCUT2D eigenvalue weighted by atomic mass is 32.2. The molecule has 0 aliphatic carbocycles. The second-order valence-electron chi connectivity index (χ2n) is 28.8. The quantitative estimate of drug-likeness (QED) is 0.0168. The molecule has 31 N–H and O–H groups in total. The van der Waals surface area contributed by atoms with Crippen molar-refractivity contribution >= 4 is 116 Å². The number of primary amides is 2. The summed E-state index contributed by atoms with van der Waals surface area (Å²) in [6.07, 6.45) is 21.0. The summed E-state index contributed by atoms with van der Waals surface area (Å²) in [5, 5.41) is 26.3. The molecule has 9 atom stereocenters. The first-order valence-electron chi connectivity index (χ1n) is 40.2. The zero-order chi connectivity index (χ0) is 83.6. The molecule has 2 aromatic carbocycles. The smallest absolute Gasteiger partial charge is 0.243 e. The summed E-state index contributed by atoms with van der Waals surface area (Å²) in [4.78, 5) is 176. The lowest BCUT2D eigenvalue weighted by molar-refractivity contribution is -0.136. The second-order valence-corrected chi connectivity index (χ2v) is 29.8. The number of aromatic nitrogens is 2. The van der Waals surface area contributed by atoms with Gasteiger partial charge in [0.05, 0.1) is 0 Å². The Balaban J connectivity index is 1.72. The van der Waals surface area contributed by atoms with Gasteiger partial charge in [-0.3, -0.25) is 67.7 Å². The molecule has 4 aromatic rings.